The molecule has 0 amide bonds. The number of aryl methyl sites for hydroxylation is 1. The number of aliphatic hydroxyl groups is 1. The van der Waals surface area contributed by atoms with Gasteiger partial charge in [-0.3, -0.25) is 0 Å². The molecule has 0 saturated heterocycles. The Morgan fingerprint density at radius 2 is 1.84 bits per heavy atom. The summed E-state index contributed by atoms with van der Waals surface area (Å²) >= 11 is 0. The second-order valence-electron chi connectivity index (χ2n) is 7.15. The second kappa shape index (κ2) is 5.95. The summed E-state index contributed by atoms with van der Waals surface area (Å²) in [5.74, 6) is 0.895. The number of benzene rings is 2. The first-order valence-electron chi connectivity index (χ1n) is 8.96. The zero-order valence-corrected chi connectivity index (χ0v) is 14.8. The predicted octanol–water partition coefficient (Wildman–Crippen LogP) is 3.70. The van der Waals surface area contributed by atoms with Gasteiger partial charge >= 0.3 is 0 Å². The minimum absolute atomic E-state index is 0.278. The zero-order chi connectivity index (χ0) is 17.6. The van der Waals surface area contributed by atoms with Crippen LogP contribution in [0, 0.1) is 19.7 Å². The molecular weight excluding hydrogens is 315 g/mol. The highest BCUT2D eigenvalue weighted by Gasteiger charge is 2.52. The minimum Gasteiger partial charge on any atom is -0.346 e. The van der Waals surface area contributed by atoms with Crippen LogP contribution in [0.5, 0.6) is 0 Å². The van der Waals surface area contributed by atoms with Crippen LogP contribution in [0.2, 0.25) is 0 Å². The molecule has 4 heteroatoms. The van der Waals surface area contributed by atoms with E-state index in [0.717, 1.165) is 37.1 Å². The van der Waals surface area contributed by atoms with Crippen LogP contribution in [-0.4, -0.2) is 28.6 Å². The lowest BCUT2D eigenvalue weighted by molar-refractivity contribution is -0.661. The first kappa shape index (κ1) is 16.3. The van der Waals surface area contributed by atoms with E-state index in [9.17, 15) is 9.50 Å². The number of β-amino-alcohol motifs (C(OH)–C–C–N with tert-alkyl or cyclic N) is 1. The molecule has 2 heterocycles. The lowest BCUT2D eigenvalue weighted by Crippen LogP contribution is -2.41. The Morgan fingerprint density at radius 1 is 1.08 bits per heavy atom. The molecule has 1 atom stereocenters. The fourth-order valence-electron chi connectivity index (χ4n) is 4.11. The van der Waals surface area contributed by atoms with Crippen LogP contribution < -0.4 is 4.90 Å². The van der Waals surface area contributed by atoms with Gasteiger partial charge in [-0.1, -0.05) is 12.1 Å². The van der Waals surface area contributed by atoms with Gasteiger partial charge in [-0.15, -0.1) is 0 Å². The van der Waals surface area contributed by atoms with Gasteiger partial charge in [0.15, 0.2) is 6.54 Å². The van der Waals surface area contributed by atoms with Crippen molar-refractivity contribution in [3.8, 4) is 0 Å². The number of anilines is 1. The predicted molar refractivity (Wildman–Crippen MR) is 97.5 cm³/mol. The van der Waals surface area contributed by atoms with Crippen LogP contribution in [0.1, 0.15) is 36.0 Å². The van der Waals surface area contributed by atoms with Gasteiger partial charge in [0.2, 0.25) is 0 Å². The maximum atomic E-state index is 13.4. The number of rotatable bonds is 2. The topological polar surface area (TPSA) is 26.5 Å². The highest BCUT2D eigenvalue weighted by atomic mass is 19.1. The van der Waals surface area contributed by atoms with Crippen molar-refractivity contribution in [2.45, 2.75) is 38.8 Å². The van der Waals surface area contributed by atoms with Gasteiger partial charge in [-0.2, -0.15) is 0 Å². The number of halogens is 1. The Hall–Kier alpha value is -2.20. The summed E-state index contributed by atoms with van der Waals surface area (Å²) in [6.07, 6.45) is 3.15. The quantitative estimate of drug-likeness (QED) is 0.845. The van der Waals surface area contributed by atoms with Crippen LogP contribution in [0.4, 0.5) is 10.1 Å². The van der Waals surface area contributed by atoms with Crippen molar-refractivity contribution in [3.63, 3.8) is 0 Å². The third kappa shape index (κ3) is 2.56. The van der Waals surface area contributed by atoms with Crippen molar-refractivity contribution in [3.05, 3.63) is 65.0 Å². The average molecular weight is 339 g/mol. The van der Waals surface area contributed by atoms with E-state index in [2.05, 4.69) is 41.5 Å². The molecule has 2 aliphatic rings. The van der Waals surface area contributed by atoms with Crippen LogP contribution in [-0.2, 0) is 5.72 Å². The zero-order valence-electron chi connectivity index (χ0n) is 14.8. The molecule has 2 aromatic rings. The average Bonchev–Trinajstić information content (AvgIpc) is 2.92. The van der Waals surface area contributed by atoms with Crippen LogP contribution in [0.3, 0.4) is 0 Å². The van der Waals surface area contributed by atoms with Gasteiger partial charge < -0.3 is 5.11 Å². The van der Waals surface area contributed by atoms with Gasteiger partial charge in [0.25, 0.3) is 11.6 Å². The van der Waals surface area contributed by atoms with Crippen LogP contribution in [0.15, 0.2) is 42.5 Å². The first-order chi connectivity index (χ1) is 12.0. The Morgan fingerprint density at radius 3 is 2.60 bits per heavy atom. The van der Waals surface area contributed by atoms with Crippen molar-refractivity contribution in [2.24, 2.45) is 0 Å². The van der Waals surface area contributed by atoms with E-state index in [4.69, 9.17) is 0 Å². The summed E-state index contributed by atoms with van der Waals surface area (Å²) in [5.41, 5.74) is 3.28. The van der Waals surface area contributed by atoms with Gasteiger partial charge in [-0.05, 0) is 68.1 Å². The maximum absolute atomic E-state index is 13.4. The van der Waals surface area contributed by atoms with Crippen molar-refractivity contribution >= 4 is 11.5 Å². The molecule has 0 bridgehead atoms. The molecule has 3 nitrogen and oxygen atoms in total. The van der Waals surface area contributed by atoms with Crippen LogP contribution >= 0.6 is 0 Å². The summed E-state index contributed by atoms with van der Waals surface area (Å²) in [7, 11) is 0. The normalized spacial score (nSPS) is 23.1. The van der Waals surface area contributed by atoms with Crippen molar-refractivity contribution < 1.29 is 14.1 Å². The Labute approximate surface area is 148 Å². The fourth-order valence-corrected chi connectivity index (χ4v) is 4.11. The second-order valence-corrected chi connectivity index (χ2v) is 7.15. The standard InChI is InChI=1S/C21H24FN2O/c1-15-6-5-7-19(16(15)2)23-14-21(25,17-9-11-18(22)12-10-17)24-13-4-3-8-20(23)24/h5-7,9-12,25H,3-4,8,13-14H2,1-2H3/q+1. The summed E-state index contributed by atoms with van der Waals surface area (Å²) < 4.78 is 15.5. The Balaban J connectivity index is 1.83. The Bertz CT molecular complexity index is 843. The SMILES string of the molecule is Cc1cccc(N2CC(O)(c3ccc(F)cc3)[N+]3=C2CCCC3)c1C. The van der Waals surface area contributed by atoms with E-state index in [-0.39, 0.29) is 5.82 Å². The van der Waals surface area contributed by atoms with E-state index in [1.165, 1.54) is 29.1 Å². The highest BCUT2D eigenvalue weighted by Crippen LogP contribution is 2.37. The number of hydrogen-bond acceptors (Lipinski definition) is 2. The fraction of sp³-hybridized carbons (Fsp3) is 0.381. The molecule has 1 N–H and O–H groups in total. The number of amidine groups is 1. The largest absolute Gasteiger partial charge is 0.346 e. The molecule has 0 saturated carbocycles. The molecule has 2 aliphatic heterocycles. The first-order valence-corrected chi connectivity index (χ1v) is 8.96. The summed E-state index contributed by atoms with van der Waals surface area (Å²) in [6.45, 7) is 5.54. The van der Waals surface area contributed by atoms with E-state index in [1.807, 2.05) is 0 Å². The molecule has 0 aromatic heterocycles. The molecule has 4 rings (SSSR count). The Kier molecular flexibility index (Phi) is 3.88. The molecule has 0 aliphatic carbocycles. The molecule has 2 aromatic carbocycles. The summed E-state index contributed by atoms with van der Waals surface area (Å²) in [6, 6.07) is 12.6. The van der Waals surface area contributed by atoms with Gasteiger partial charge in [0, 0.05) is 12.0 Å². The summed E-state index contributed by atoms with van der Waals surface area (Å²) in [5, 5.41) is 11.6. The van der Waals surface area contributed by atoms with E-state index in [0.29, 0.717) is 6.54 Å². The van der Waals surface area contributed by atoms with Gasteiger partial charge in [0.05, 0.1) is 6.54 Å². The molecule has 0 fully saturated rings. The lowest BCUT2D eigenvalue weighted by atomic mass is 10.0. The highest BCUT2D eigenvalue weighted by molar-refractivity contribution is 5.96. The number of nitrogens with zero attached hydrogens (tertiary/aromatic N) is 2. The van der Waals surface area contributed by atoms with Crippen molar-refractivity contribution in [1.82, 2.24) is 0 Å². The lowest BCUT2D eigenvalue weighted by Gasteiger charge is -2.24. The summed E-state index contributed by atoms with van der Waals surface area (Å²) in [4.78, 5) is 2.25. The van der Waals surface area contributed by atoms with Gasteiger partial charge in [-0.25, -0.2) is 13.9 Å². The van der Waals surface area contributed by atoms with Crippen molar-refractivity contribution in [2.75, 3.05) is 18.0 Å². The molecular formula is C21H24FN2O+. The molecule has 1 unspecified atom stereocenters. The number of hydrogen-bond donors (Lipinski definition) is 1. The molecule has 25 heavy (non-hydrogen) atoms. The third-order valence-electron chi connectivity index (χ3n) is 5.65. The molecule has 0 spiro atoms. The molecule has 0 radical (unpaired) electrons. The molecule has 130 valence electrons. The van der Waals surface area contributed by atoms with E-state index in [1.54, 1.807) is 12.1 Å². The monoisotopic (exact) mass is 339 g/mol. The maximum Gasteiger partial charge on any atom is 0.271 e. The van der Waals surface area contributed by atoms with Crippen molar-refractivity contribution in [1.29, 1.82) is 0 Å². The van der Waals surface area contributed by atoms with Crippen LogP contribution in [0.25, 0.3) is 0 Å². The minimum atomic E-state index is -1.11. The van der Waals surface area contributed by atoms with Gasteiger partial charge in [0.1, 0.15) is 11.5 Å². The van der Waals surface area contributed by atoms with E-state index >= 15 is 0 Å². The van der Waals surface area contributed by atoms with E-state index < -0.39 is 5.72 Å². The smallest absolute Gasteiger partial charge is 0.271 e. The third-order valence-corrected chi connectivity index (χ3v) is 5.65.